The molecule has 0 N–H and O–H groups in total. The number of hydrogen-bond donors (Lipinski definition) is 0. The number of aromatic nitrogens is 3. The van der Waals surface area contributed by atoms with E-state index in [2.05, 4.69) is 10.1 Å². The Hall–Kier alpha value is -2.47. The largest absolute Gasteiger partial charge is 0.339 e. The van der Waals surface area contributed by atoms with E-state index in [0.29, 0.717) is 12.4 Å². The van der Waals surface area contributed by atoms with Gasteiger partial charge in [-0.3, -0.25) is 4.79 Å². The third-order valence-corrected chi connectivity index (χ3v) is 4.71. The minimum Gasteiger partial charge on any atom is -0.339 e. The molecule has 0 aliphatic heterocycles. The van der Waals surface area contributed by atoms with Crippen molar-refractivity contribution < 1.29 is 4.79 Å². The number of nitrogens with zero attached hydrogens (tertiary/aromatic N) is 4. The summed E-state index contributed by atoms with van der Waals surface area (Å²) in [5, 5.41) is 6.43. The van der Waals surface area contributed by atoms with Crippen molar-refractivity contribution in [1.82, 2.24) is 19.7 Å². The van der Waals surface area contributed by atoms with Gasteiger partial charge in [0, 0.05) is 17.5 Å². The fourth-order valence-electron chi connectivity index (χ4n) is 2.56. The second kappa shape index (κ2) is 6.97. The Morgan fingerprint density at radius 3 is 2.71 bits per heavy atom. The van der Waals surface area contributed by atoms with Crippen LogP contribution in [0.25, 0.3) is 11.4 Å². The molecule has 1 amide bonds. The van der Waals surface area contributed by atoms with Crippen LogP contribution in [-0.4, -0.2) is 32.6 Å². The molecule has 0 aliphatic carbocycles. The summed E-state index contributed by atoms with van der Waals surface area (Å²) in [6.07, 6.45) is 0. The van der Waals surface area contributed by atoms with Crippen molar-refractivity contribution in [3.8, 4) is 11.4 Å². The summed E-state index contributed by atoms with van der Waals surface area (Å²) < 4.78 is 1.70. The van der Waals surface area contributed by atoms with E-state index in [4.69, 9.17) is 0 Å². The first kappa shape index (κ1) is 16.4. The maximum atomic E-state index is 12.6. The lowest BCUT2D eigenvalue weighted by molar-refractivity contribution is -0.131. The van der Waals surface area contributed by atoms with Gasteiger partial charge in [-0.05, 0) is 30.9 Å². The molecule has 0 saturated carbocycles. The number of benzene rings is 1. The van der Waals surface area contributed by atoms with E-state index in [0.717, 1.165) is 17.0 Å². The van der Waals surface area contributed by atoms with Gasteiger partial charge in [-0.2, -0.15) is 5.10 Å². The predicted molar refractivity (Wildman–Crippen MR) is 95.7 cm³/mol. The van der Waals surface area contributed by atoms with Gasteiger partial charge in [0.2, 0.25) is 5.91 Å². The standard InChI is InChI=1S/C18H20N4OS/c1-13-7-4-5-9-16(13)18-19-14(2)20-22(18)12-17(23)21(3)11-15-8-6-10-24-15/h4-10H,11-12H2,1-3H3. The van der Waals surface area contributed by atoms with Gasteiger partial charge in [0.25, 0.3) is 0 Å². The summed E-state index contributed by atoms with van der Waals surface area (Å²) in [7, 11) is 1.82. The summed E-state index contributed by atoms with van der Waals surface area (Å²) in [4.78, 5) is 20.0. The molecule has 0 unspecified atom stereocenters. The highest BCUT2D eigenvalue weighted by Gasteiger charge is 2.17. The predicted octanol–water partition coefficient (Wildman–Crippen LogP) is 3.28. The second-order valence-electron chi connectivity index (χ2n) is 5.78. The van der Waals surface area contributed by atoms with Crippen molar-refractivity contribution in [2.24, 2.45) is 0 Å². The molecular formula is C18H20N4OS. The molecule has 24 heavy (non-hydrogen) atoms. The molecule has 0 aliphatic rings. The van der Waals surface area contributed by atoms with Crippen LogP contribution < -0.4 is 0 Å². The zero-order chi connectivity index (χ0) is 17.1. The topological polar surface area (TPSA) is 51.0 Å². The highest BCUT2D eigenvalue weighted by Crippen LogP contribution is 2.21. The SMILES string of the molecule is Cc1nc(-c2ccccc2C)n(CC(=O)N(C)Cc2cccs2)n1. The van der Waals surface area contributed by atoms with Gasteiger partial charge in [0.05, 0.1) is 6.54 Å². The Morgan fingerprint density at radius 2 is 2.00 bits per heavy atom. The molecule has 0 bridgehead atoms. The maximum Gasteiger partial charge on any atom is 0.244 e. The van der Waals surface area contributed by atoms with Crippen LogP contribution >= 0.6 is 11.3 Å². The summed E-state index contributed by atoms with van der Waals surface area (Å²) in [5.41, 5.74) is 2.12. The Kier molecular flexibility index (Phi) is 4.76. The Balaban J connectivity index is 1.80. The molecule has 3 rings (SSSR count). The molecule has 0 saturated heterocycles. The molecule has 124 valence electrons. The normalized spacial score (nSPS) is 10.8. The number of likely N-dealkylation sites (N-methyl/N-ethyl adjacent to an activating group) is 1. The lowest BCUT2D eigenvalue weighted by atomic mass is 10.1. The van der Waals surface area contributed by atoms with Crippen molar-refractivity contribution in [3.63, 3.8) is 0 Å². The number of carbonyl (C=O) groups excluding carboxylic acids is 1. The third-order valence-electron chi connectivity index (χ3n) is 3.85. The van der Waals surface area contributed by atoms with Gasteiger partial charge in [-0.1, -0.05) is 30.3 Å². The fraction of sp³-hybridized carbons (Fsp3) is 0.278. The lowest BCUT2D eigenvalue weighted by Crippen LogP contribution is -2.30. The van der Waals surface area contributed by atoms with Crippen LogP contribution in [0, 0.1) is 13.8 Å². The molecule has 0 atom stereocenters. The van der Waals surface area contributed by atoms with E-state index in [-0.39, 0.29) is 12.5 Å². The molecule has 0 fully saturated rings. The van der Waals surface area contributed by atoms with Gasteiger partial charge in [0.15, 0.2) is 5.82 Å². The highest BCUT2D eigenvalue weighted by atomic mass is 32.1. The van der Waals surface area contributed by atoms with Crippen molar-refractivity contribution >= 4 is 17.2 Å². The molecular weight excluding hydrogens is 320 g/mol. The smallest absolute Gasteiger partial charge is 0.244 e. The molecule has 3 aromatic rings. The first-order valence-corrected chi connectivity index (χ1v) is 8.66. The van der Waals surface area contributed by atoms with Crippen LogP contribution in [0.2, 0.25) is 0 Å². The van der Waals surface area contributed by atoms with Gasteiger partial charge in [-0.15, -0.1) is 11.3 Å². The highest BCUT2D eigenvalue weighted by molar-refractivity contribution is 7.09. The summed E-state index contributed by atoms with van der Waals surface area (Å²) in [6.45, 7) is 4.68. The fourth-order valence-corrected chi connectivity index (χ4v) is 3.32. The monoisotopic (exact) mass is 340 g/mol. The lowest BCUT2D eigenvalue weighted by Gasteiger charge is -2.17. The molecule has 5 nitrogen and oxygen atoms in total. The average molecular weight is 340 g/mol. The van der Waals surface area contributed by atoms with E-state index in [1.807, 2.05) is 62.7 Å². The third kappa shape index (κ3) is 3.54. The van der Waals surface area contributed by atoms with Crippen LogP contribution in [0.3, 0.4) is 0 Å². The minimum absolute atomic E-state index is 0.0168. The second-order valence-corrected chi connectivity index (χ2v) is 6.82. The van der Waals surface area contributed by atoms with Gasteiger partial charge >= 0.3 is 0 Å². The first-order valence-electron chi connectivity index (χ1n) is 7.78. The molecule has 0 radical (unpaired) electrons. The Labute approximate surface area is 145 Å². The zero-order valence-electron chi connectivity index (χ0n) is 14.1. The quantitative estimate of drug-likeness (QED) is 0.716. The van der Waals surface area contributed by atoms with Gasteiger partial charge in [-0.25, -0.2) is 9.67 Å². The van der Waals surface area contributed by atoms with Gasteiger partial charge in [0.1, 0.15) is 12.4 Å². The number of hydrogen-bond acceptors (Lipinski definition) is 4. The maximum absolute atomic E-state index is 12.6. The van der Waals surface area contributed by atoms with Crippen LogP contribution in [0.1, 0.15) is 16.3 Å². The van der Waals surface area contributed by atoms with Crippen LogP contribution in [0.15, 0.2) is 41.8 Å². The zero-order valence-corrected chi connectivity index (χ0v) is 14.9. The molecule has 1 aromatic carbocycles. The molecule has 0 spiro atoms. The van der Waals surface area contributed by atoms with Crippen molar-refractivity contribution in [2.75, 3.05) is 7.05 Å². The molecule has 2 aromatic heterocycles. The van der Waals surface area contributed by atoms with Crippen molar-refractivity contribution in [3.05, 3.63) is 58.0 Å². The number of aryl methyl sites for hydroxylation is 2. The summed E-state index contributed by atoms with van der Waals surface area (Å²) >= 11 is 1.65. The molecule has 2 heterocycles. The number of thiophene rings is 1. The van der Waals surface area contributed by atoms with Crippen LogP contribution in [0.5, 0.6) is 0 Å². The average Bonchev–Trinajstić information content (AvgIpc) is 3.17. The number of amides is 1. The van der Waals surface area contributed by atoms with Crippen molar-refractivity contribution in [2.45, 2.75) is 26.9 Å². The van der Waals surface area contributed by atoms with Crippen LogP contribution in [-0.2, 0) is 17.9 Å². The van der Waals surface area contributed by atoms with E-state index >= 15 is 0 Å². The summed E-state index contributed by atoms with van der Waals surface area (Å²) in [5.74, 6) is 1.42. The summed E-state index contributed by atoms with van der Waals surface area (Å²) in [6, 6.07) is 12.0. The minimum atomic E-state index is 0.0168. The van der Waals surface area contributed by atoms with Crippen LogP contribution in [0.4, 0.5) is 0 Å². The number of carbonyl (C=O) groups is 1. The van der Waals surface area contributed by atoms with E-state index < -0.39 is 0 Å². The van der Waals surface area contributed by atoms with E-state index in [1.165, 1.54) is 4.88 Å². The van der Waals surface area contributed by atoms with Gasteiger partial charge < -0.3 is 4.90 Å². The van der Waals surface area contributed by atoms with E-state index in [1.54, 1.807) is 20.9 Å². The number of rotatable bonds is 5. The Morgan fingerprint density at radius 1 is 1.21 bits per heavy atom. The molecule has 6 heteroatoms. The Bertz CT molecular complexity index is 839. The first-order chi connectivity index (χ1) is 11.5. The van der Waals surface area contributed by atoms with Crippen molar-refractivity contribution in [1.29, 1.82) is 0 Å². The van der Waals surface area contributed by atoms with E-state index in [9.17, 15) is 4.79 Å².